The molecule has 0 bridgehead atoms. The number of primary amides is 1. The molecule has 2 aromatic carbocycles. The van der Waals surface area contributed by atoms with Crippen LogP contribution in [0.1, 0.15) is 38.3 Å². The smallest absolute Gasteiger partial charge is 0.312 e. The fourth-order valence-corrected chi connectivity index (χ4v) is 3.10. The number of para-hydroxylation sites is 1. The third kappa shape index (κ3) is 8.71. The van der Waals surface area contributed by atoms with Crippen LogP contribution >= 0.6 is 12.4 Å². The van der Waals surface area contributed by atoms with Gasteiger partial charge in [-0.1, -0.05) is 44.2 Å². The molecule has 2 aromatic rings. The van der Waals surface area contributed by atoms with Gasteiger partial charge in [-0.2, -0.15) is 0 Å². The lowest BCUT2D eigenvalue weighted by molar-refractivity contribution is -0.122. The summed E-state index contributed by atoms with van der Waals surface area (Å²) in [6, 6.07) is 15.2. The molecule has 0 aliphatic carbocycles. The van der Waals surface area contributed by atoms with Crippen LogP contribution in [-0.2, 0) is 4.79 Å². The molecule has 0 heterocycles. The van der Waals surface area contributed by atoms with E-state index >= 15 is 0 Å². The molecule has 7 nitrogen and oxygen atoms in total. The summed E-state index contributed by atoms with van der Waals surface area (Å²) in [5, 5.41) is 5.58. The molecule has 0 aromatic heterocycles. The third-order valence-electron chi connectivity index (χ3n) is 4.35. The summed E-state index contributed by atoms with van der Waals surface area (Å²) >= 11 is 0. The topological polar surface area (TPSA) is 119 Å². The molecule has 0 fully saturated rings. The van der Waals surface area contributed by atoms with Crippen LogP contribution in [0.5, 0.6) is 11.5 Å². The number of carbonyl (C=O) groups is 2. The van der Waals surface area contributed by atoms with Gasteiger partial charge in [0.2, 0.25) is 5.91 Å². The van der Waals surface area contributed by atoms with Crippen molar-refractivity contribution in [2.45, 2.75) is 38.8 Å². The minimum Gasteiger partial charge on any atom is -0.457 e. The second kappa shape index (κ2) is 12.7. The predicted octanol–water partition coefficient (Wildman–Crippen LogP) is 3.49. The Morgan fingerprint density at radius 2 is 1.67 bits per heavy atom. The number of amides is 3. The molecule has 0 aliphatic rings. The van der Waals surface area contributed by atoms with Crippen molar-refractivity contribution in [3.05, 3.63) is 60.2 Å². The van der Waals surface area contributed by atoms with E-state index in [1.54, 1.807) is 6.07 Å². The highest BCUT2D eigenvalue weighted by Gasteiger charge is 2.20. The number of hydrogen-bond donors (Lipinski definition) is 4. The normalized spacial score (nSPS) is 12.4. The van der Waals surface area contributed by atoms with Crippen LogP contribution in [-0.4, -0.2) is 24.5 Å². The Morgan fingerprint density at radius 3 is 2.27 bits per heavy atom. The summed E-state index contributed by atoms with van der Waals surface area (Å²) in [6.45, 7) is 4.51. The van der Waals surface area contributed by atoms with Gasteiger partial charge in [0.1, 0.15) is 11.5 Å². The first-order valence-corrected chi connectivity index (χ1v) is 9.75. The Hall–Kier alpha value is -2.77. The van der Waals surface area contributed by atoms with Gasteiger partial charge < -0.3 is 26.8 Å². The molecule has 8 heteroatoms. The summed E-state index contributed by atoms with van der Waals surface area (Å²) in [5.41, 5.74) is 11.8. The molecule has 0 saturated carbocycles. The number of carbonyl (C=O) groups excluding carboxylic acids is 2. The predicted molar refractivity (Wildman–Crippen MR) is 121 cm³/mol. The van der Waals surface area contributed by atoms with E-state index in [-0.39, 0.29) is 30.8 Å². The summed E-state index contributed by atoms with van der Waals surface area (Å²) < 4.78 is 5.84. The Bertz CT molecular complexity index is 802. The van der Waals surface area contributed by atoms with Crippen molar-refractivity contribution in [2.24, 2.45) is 17.4 Å². The molecule has 3 amide bonds. The fourth-order valence-electron chi connectivity index (χ4n) is 3.10. The second-order valence-corrected chi connectivity index (χ2v) is 7.38. The molecule has 0 saturated heterocycles. The van der Waals surface area contributed by atoms with Gasteiger partial charge in [-0.25, -0.2) is 4.79 Å². The number of halogens is 1. The molecule has 164 valence electrons. The molecule has 6 N–H and O–H groups in total. The van der Waals surface area contributed by atoms with Gasteiger partial charge in [0.25, 0.3) is 0 Å². The van der Waals surface area contributed by atoms with Gasteiger partial charge >= 0.3 is 6.03 Å². The molecule has 0 spiro atoms. The quantitative estimate of drug-likeness (QED) is 0.457. The maximum absolute atomic E-state index is 12.5. The summed E-state index contributed by atoms with van der Waals surface area (Å²) in [4.78, 5) is 24.0. The number of nitrogens with one attached hydrogen (secondary N) is 2. The highest BCUT2D eigenvalue weighted by molar-refractivity contribution is 5.85. The molecular formula is C22H31ClN4O3. The summed E-state index contributed by atoms with van der Waals surface area (Å²) in [6.07, 6.45) is 0.836. The zero-order chi connectivity index (χ0) is 21.2. The van der Waals surface area contributed by atoms with Gasteiger partial charge in [0, 0.05) is 12.6 Å². The van der Waals surface area contributed by atoms with Gasteiger partial charge in [-0.3, -0.25) is 4.79 Å². The standard InChI is InChI=1S/C22H30N4O3.ClH/c1-15(2)11-17(14-23)25-21(27)13-20(26-22(24)28)16-7-6-10-19(12-16)29-18-8-4-3-5-9-18;/h3-10,12,15,17,20H,11,13-14,23H2,1-2H3,(H,25,27)(H3,24,26,28);1H. The first kappa shape index (κ1) is 25.3. The third-order valence-corrected chi connectivity index (χ3v) is 4.35. The number of ether oxygens (including phenoxy) is 1. The van der Waals surface area contributed by atoms with E-state index in [4.69, 9.17) is 16.2 Å². The number of hydrogen-bond acceptors (Lipinski definition) is 4. The lowest BCUT2D eigenvalue weighted by Gasteiger charge is -2.22. The van der Waals surface area contributed by atoms with Crippen molar-refractivity contribution in [1.82, 2.24) is 10.6 Å². The minimum absolute atomic E-state index is 0. The number of nitrogens with two attached hydrogens (primary N) is 2. The SMILES string of the molecule is CC(C)CC(CN)NC(=O)CC(NC(N)=O)c1cccc(Oc2ccccc2)c1.Cl. The number of rotatable bonds is 10. The lowest BCUT2D eigenvalue weighted by Crippen LogP contribution is -2.43. The van der Waals surface area contributed by atoms with E-state index in [1.165, 1.54) is 0 Å². The Morgan fingerprint density at radius 1 is 1.00 bits per heavy atom. The molecule has 2 unspecified atom stereocenters. The van der Waals surface area contributed by atoms with Gasteiger partial charge in [-0.15, -0.1) is 12.4 Å². The molecular weight excluding hydrogens is 404 g/mol. The van der Waals surface area contributed by atoms with Crippen molar-refractivity contribution in [1.29, 1.82) is 0 Å². The van der Waals surface area contributed by atoms with Crippen LogP contribution in [0.15, 0.2) is 54.6 Å². The van der Waals surface area contributed by atoms with Crippen molar-refractivity contribution >= 4 is 24.3 Å². The largest absolute Gasteiger partial charge is 0.457 e. The van der Waals surface area contributed by atoms with E-state index in [9.17, 15) is 9.59 Å². The zero-order valence-corrected chi connectivity index (χ0v) is 18.2. The molecule has 0 radical (unpaired) electrons. The maximum atomic E-state index is 12.5. The second-order valence-electron chi connectivity index (χ2n) is 7.38. The van der Waals surface area contributed by atoms with Crippen molar-refractivity contribution in [3.8, 4) is 11.5 Å². The molecule has 30 heavy (non-hydrogen) atoms. The van der Waals surface area contributed by atoms with Crippen LogP contribution in [0.3, 0.4) is 0 Å². The average molecular weight is 435 g/mol. The molecule has 2 atom stereocenters. The van der Waals surface area contributed by atoms with Crippen LogP contribution in [0, 0.1) is 5.92 Å². The van der Waals surface area contributed by atoms with E-state index in [0.29, 0.717) is 24.0 Å². The van der Waals surface area contributed by atoms with Crippen LogP contribution in [0.4, 0.5) is 4.79 Å². The van der Waals surface area contributed by atoms with Crippen LogP contribution < -0.4 is 26.8 Å². The Kier molecular flexibility index (Phi) is 10.7. The zero-order valence-electron chi connectivity index (χ0n) is 17.3. The van der Waals surface area contributed by atoms with Crippen molar-refractivity contribution < 1.29 is 14.3 Å². The first-order chi connectivity index (χ1) is 13.9. The van der Waals surface area contributed by atoms with E-state index in [0.717, 1.165) is 12.0 Å². The van der Waals surface area contributed by atoms with Crippen molar-refractivity contribution in [2.75, 3.05) is 6.54 Å². The van der Waals surface area contributed by atoms with Crippen molar-refractivity contribution in [3.63, 3.8) is 0 Å². The monoisotopic (exact) mass is 434 g/mol. The highest BCUT2D eigenvalue weighted by atomic mass is 35.5. The molecule has 0 aliphatic heterocycles. The number of benzene rings is 2. The van der Waals surface area contributed by atoms with E-state index in [2.05, 4.69) is 24.5 Å². The average Bonchev–Trinajstić information content (AvgIpc) is 2.67. The van der Waals surface area contributed by atoms with E-state index in [1.807, 2.05) is 48.5 Å². The highest BCUT2D eigenvalue weighted by Crippen LogP contribution is 2.26. The lowest BCUT2D eigenvalue weighted by atomic mass is 10.0. The Labute approximate surface area is 184 Å². The fraction of sp³-hybridized carbons (Fsp3) is 0.364. The molecule has 2 rings (SSSR count). The van der Waals surface area contributed by atoms with Crippen LogP contribution in [0.2, 0.25) is 0 Å². The van der Waals surface area contributed by atoms with E-state index < -0.39 is 12.1 Å². The van der Waals surface area contributed by atoms with Gasteiger partial charge in [0.15, 0.2) is 0 Å². The van der Waals surface area contributed by atoms with Crippen LogP contribution in [0.25, 0.3) is 0 Å². The van der Waals surface area contributed by atoms with Gasteiger partial charge in [-0.05, 0) is 42.2 Å². The van der Waals surface area contributed by atoms with Gasteiger partial charge in [0.05, 0.1) is 12.5 Å². The maximum Gasteiger partial charge on any atom is 0.312 e. The summed E-state index contributed by atoms with van der Waals surface area (Å²) in [7, 11) is 0. The summed E-state index contributed by atoms with van der Waals surface area (Å²) in [5.74, 6) is 1.51. The minimum atomic E-state index is -0.699. The number of urea groups is 1. The first-order valence-electron chi connectivity index (χ1n) is 9.75. The Balaban J connectivity index is 0.00000450.